The summed E-state index contributed by atoms with van der Waals surface area (Å²) in [7, 11) is 3.45. The van der Waals surface area contributed by atoms with E-state index in [-0.39, 0.29) is 23.6 Å². The molecule has 1 unspecified atom stereocenters. The van der Waals surface area contributed by atoms with Gasteiger partial charge in [-0.15, -0.1) is 0 Å². The number of halogens is 6. The number of anilines is 2. The molecule has 2 N–H and O–H groups in total. The van der Waals surface area contributed by atoms with Crippen LogP contribution < -0.4 is 10.2 Å². The predicted molar refractivity (Wildman–Crippen MR) is 143 cm³/mol. The Balaban J connectivity index is 0.000000616. The van der Waals surface area contributed by atoms with Crippen LogP contribution in [0.1, 0.15) is 49.8 Å². The number of carboxylic acid groups (broad SMARTS) is 1. The number of hydrogen-bond acceptors (Lipinski definition) is 6. The average molecular weight is 605 g/mol. The highest BCUT2D eigenvalue weighted by atomic mass is 19.4. The first-order valence-electron chi connectivity index (χ1n) is 13.3. The molecule has 0 spiro atoms. The number of piperidine rings is 1. The molecule has 1 saturated heterocycles. The Morgan fingerprint density at radius 1 is 1.07 bits per heavy atom. The largest absolute Gasteiger partial charge is 0.490 e. The zero-order valence-electron chi connectivity index (χ0n) is 23.7. The van der Waals surface area contributed by atoms with Crippen molar-refractivity contribution in [1.29, 1.82) is 0 Å². The quantitative estimate of drug-likeness (QED) is 0.454. The molecule has 232 valence electrons. The average Bonchev–Trinajstić information content (AvgIpc) is 2.91. The number of nitrogens with zero attached hydrogens (tertiary/aromatic N) is 5. The molecule has 1 fully saturated rings. The summed E-state index contributed by atoms with van der Waals surface area (Å²) in [4.78, 5) is 36.5. The fourth-order valence-electron chi connectivity index (χ4n) is 4.74. The molecular weight excluding hydrogens is 570 g/mol. The van der Waals surface area contributed by atoms with E-state index in [9.17, 15) is 26.7 Å². The molecule has 15 heteroatoms. The zero-order valence-corrected chi connectivity index (χ0v) is 23.7. The first kappa shape index (κ1) is 32.7. The summed E-state index contributed by atoms with van der Waals surface area (Å²) in [6, 6.07) is 3.10. The van der Waals surface area contributed by atoms with Crippen molar-refractivity contribution in [2.45, 2.75) is 58.0 Å². The summed E-state index contributed by atoms with van der Waals surface area (Å²) in [5.41, 5.74) is 1.56. The van der Waals surface area contributed by atoms with Crippen LogP contribution in [0, 0.1) is 17.6 Å². The van der Waals surface area contributed by atoms with Gasteiger partial charge in [-0.3, -0.25) is 0 Å². The molecule has 0 aliphatic carbocycles. The fraction of sp³-hybridized carbons (Fsp3) is 0.556. The lowest BCUT2D eigenvalue weighted by Gasteiger charge is -2.36. The summed E-state index contributed by atoms with van der Waals surface area (Å²) < 4.78 is 74.2. The van der Waals surface area contributed by atoms with Crippen molar-refractivity contribution in [2.24, 2.45) is 5.92 Å². The maximum atomic E-state index is 15.1. The highest BCUT2D eigenvalue weighted by Crippen LogP contribution is 2.37. The third-order valence-electron chi connectivity index (χ3n) is 6.83. The third kappa shape index (κ3) is 8.16. The number of aromatic nitrogens is 2. The number of alkyl halides is 4. The second-order valence-electron chi connectivity index (χ2n) is 10.6. The van der Waals surface area contributed by atoms with Crippen molar-refractivity contribution >= 4 is 23.6 Å². The first-order valence-corrected chi connectivity index (χ1v) is 13.3. The minimum atomic E-state index is -5.08. The van der Waals surface area contributed by atoms with Gasteiger partial charge >= 0.3 is 18.2 Å². The van der Waals surface area contributed by atoms with Crippen LogP contribution in [-0.2, 0) is 17.8 Å². The van der Waals surface area contributed by atoms with Crippen molar-refractivity contribution in [3.05, 3.63) is 46.8 Å². The molecule has 1 aromatic carbocycles. The lowest BCUT2D eigenvalue weighted by molar-refractivity contribution is -0.192. The molecule has 0 bridgehead atoms. The van der Waals surface area contributed by atoms with E-state index >= 15 is 4.39 Å². The van der Waals surface area contributed by atoms with Crippen LogP contribution in [0.25, 0.3) is 0 Å². The number of fused-ring (bicyclic) bond motifs is 1. The van der Waals surface area contributed by atoms with Crippen molar-refractivity contribution in [3.63, 3.8) is 0 Å². The second kappa shape index (κ2) is 13.5. The van der Waals surface area contributed by atoms with Gasteiger partial charge in [-0.25, -0.2) is 32.7 Å². The third-order valence-corrected chi connectivity index (χ3v) is 6.83. The predicted octanol–water partition coefficient (Wildman–Crippen LogP) is 5.18. The van der Waals surface area contributed by atoms with Crippen LogP contribution in [-0.4, -0.2) is 82.8 Å². The normalized spacial score (nSPS) is 16.4. The van der Waals surface area contributed by atoms with Gasteiger partial charge in [-0.1, -0.05) is 6.07 Å². The number of nitrogens with one attached hydrogen (secondary N) is 1. The van der Waals surface area contributed by atoms with Gasteiger partial charge in [-0.2, -0.15) is 13.2 Å². The summed E-state index contributed by atoms with van der Waals surface area (Å²) >= 11 is 0. The number of carboxylic acids is 1. The molecule has 4 rings (SSSR count). The van der Waals surface area contributed by atoms with Crippen LogP contribution in [0.3, 0.4) is 0 Å². The summed E-state index contributed by atoms with van der Waals surface area (Å²) in [6.45, 7) is 6.10. The molecule has 2 aliphatic rings. The number of rotatable bonds is 5. The SMILES string of the molecule is CC(C)Nc1nc2c(nc1N1CCC(C(F)c3ccc(F)cc3F)CC1)CN(C(=O)N(C)C)CC2.O=C(O)C(F)(F)F. The number of benzene rings is 1. The molecule has 2 aromatic rings. The van der Waals surface area contributed by atoms with Crippen molar-refractivity contribution in [3.8, 4) is 0 Å². The van der Waals surface area contributed by atoms with Crippen LogP contribution >= 0.6 is 0 Å². The van der Waals surface area contributed by atoms with Crippen molar-refractivity contribution in [2.75, 3.05) is 43.9 Å². The molecule has 1 atom stereocenters. The molecule has 3 heterocycles. The molecule has 0 saturated carbocycles. The maximum Gasteiger partial charge on any atom is 0.490 e. The number of carbonyl (C=O) groups is 2. The summed E-state index contributed by atoms with van der Waals surface area (Å²) in [6.07, 6.45) is -4.94. The Labute approximate surface area is 239 Å². The molecule has 2 amide bonds. The Bertz CT molecular complexity index is 1270. The lowest BCUT2D eigenvalue weighted by atomic mass is 9.88. The van der Waals surface area contributed by atoms with Gasteiger partial charge < -0.3 is 25.1 Å². The number of urea groups is 1. The smallest absolute Gasteiger partial charge is 0.475 e. The Kier molecular flexibility index (Phi) is 10.5. The topological polar surface area (TPSA) is 102 Å². The minimum Gasteiger partial charge on any atom is -0.475 e. The highest BCUT2D eigenvalue weighted by Gasteiger charge is 2.38. The fourth-order valence-corrected chi connectivity index (χ4v) is 4.74. The molecule has 2 aliphatic heterocycles. The summed E-state index contributed by atoms with van der Waals surface area (Å²) in [5.74, 6) is -3.31. The Morgan fingerprint density at radius 2 is 1.69 bits per heavy atom. The summed E-state index contributed by atoms with van der Waals surface area (Å²) in [5, 5.41) is 10.5. The van der Waals surface area contributed by atoms with E-state index in [4.69, 9.17) is 19.9 Å². The minimum absolute atomic E-state index is 0.0637. The molecule has 0 radical (unpaired) electrons. The van der Waals surface area contributed by atoms with Gasteiger partial charge in [0, 0.05) is 57.8 Å². The Hall–Kier alpha value is -3.78. The standard InChI is InChI=1S/C25H33F3N6O.C2HF3O2/c1-15(2)29-23-24(31-21-14-34(25(35)32(3)4)12-9-20(21)30-23)33-10-7-16(8-11-33)22(28)18-6-5-17(26)13-19(18)27;3-2(4,5)1(6)7/h5-6,13,15-16,22H,7-12,14H2,1-4H3,(H,29,30);(H,6,7). The van der Waals surface area contributed by atoms with E-state index in [0.717, 1.165) is 23.5 Å². The lowest BCUT2D eigenvalue weighted by Crippen LogP contribution is -2.43. The van der Waals surface area contributed by atoms with E-state index in [1.54, 1.807) is 23.9 Å². The van der Waals surface area contributed by atoms with Crippen LogP contribution in [0.15, 0.2) is 18.2 Å². The van der Waals surface area contributed by atoms with Gasteiger partial charge in [0.1, 0.15) is 17.8 Å². The molecule has 9 nitrogen and oxygen atoms in total. The van der Waals surface area contributed by atoms with Gasteiger partial charge in [0.05, 0.1) is 17.9 Å². The van der Waals surface area contributed by atoms with Gasteiger partial charge in [-0.05, 0) is 38.7 Å². The van der Waals surface area contributed by atoms with Crippen LogP contribution in [0.4, 0.5) is 42.8 Å². The van der Waals surface area contributed by atoms with Gasteiger partial charge in [0.15, 0.2) is 11.6 Å². The van der Waals surface area contributed by atoms with Gasteiger partial charge in [0.2, 0.25) is 0 Å². The molecular formula is C27H34F6N6O3. The number of amides is 2. The van der Waals surface area contributed by atoms with E-state index < -0.39 is 30.0 Å². The van der Waals surface area contributed by atoms with E-state index in [1.165, 1.54) is 6.07 Å². The number of aliphatic carboxylic acids is 1. The van der Waals surface area contributed by atoms with Gasteiger partial charge in [0.25, 0.3) is 0 Å². The first-order chi connectivity index (χ1) is 19.6. The van der Waals surface area contributed by atoms with Crippen LogP contribution in [0.5, 0.6) is 0 Å². The molecule has 42 heavy (non-hydrogen) atoms. The second-order valence-corrected chi connectivity index (χ2v) is 10.6. The number of carbonyl (C=O) groups excluding carboxylic acids is 1. The van der Waals surface area contributed by atoms with Crippen LogP contribution in [0.2, 0.25) is 0 Å². The van der Waals surface area contributed by atoms with E-state index in [1.807, 2.05) is 13.8 Å². The molecule has 1 aromatic heterocycles. The zero-order chi connectivity index (χ0) is 31.4. The van der Waals surface area contributed by atoms with E-state index in [2.05, 4.69) is 10.2 Å². The van der Waals surface area contributed by atoms with Crippen molar-refractivity contribution < 1.29 is 41.0 Å². The number of hydrogen-bond donors (Lipinski definition) is 2. The monoisotopic (exact) mass is 604 g/mol. The van der Waals surface area contributed by atoms with Crippen molar-refractivity contribution in [1.82, 2.24) is 19.8 Å². The van der Waals surface area contributed by atoms with E-state index in [0.29, 0.717) is 57.1 Å². The highest BCUT2D eigenvalue weighted by molar-refractivity contribution is 5.74. The maximum absolute atomic E-state index is 15.1. The Morgan fingerprint density at radius 3 is 2.21 bits per heavy atom.